The molecule has 0 aromatic heterocycles. The standard InChI is InChI=1S/C16H23FN2O/c17-15-7-5-12(6-8-15)9-16(20)19-11-14-4-2-1-3-13(14)10-18/h5-8,13-14H,1-4,9-11,18H2,(H,19,20). The fraction of sp³-hybridized carbons (Fsp3) is 0.562. The average Bonchev–Trinajstić information content (AvgIpc) is 2.48. The van der Waals surface area contributed by atoms with Gasteiger partial charge in [0.1, 0.15) is 5.82 Å². The lowest BCUT2D eigenvalue weighted by atomic mass is 9.79. The van der Waals surface area contributed by atoms with Crippen LogP contribution in [0.4, 0.5) is 4.39 Å². The number of hydrogen-bond donors (Lipinski definition) is 2. The monoisotopic (exact) mass is 278 g/mol. The van der Waals surface area contributed by atoms with Gasteiger partial charge in [-0.15, -0.1) is 0 Å². The molecule has 110 valence electrons. The third-order valence-electron chi connectivity index (χ3n) is 4.21. The molecule has 0 heterocycles. The van der Waals surface area contributed by atoms with Crippen molar-refractivity contribution in [2.24, 2.45) is 17.6 Å². The van der Waals surface area contributed by atoms with Gasteiger partial charge in [-0.2, -0.15) is 0 Å². The Labute approximate surface area is 119 Å². The zero-order valence-electron chi connectivity index (χ0n) is 11.8. The fourth-order valence-electron chi connectivity index (χ4n) is 2.96. The van der Waals surface area contributed by atoms with Crippen LogP contribution in [0.1, 0.15) is 31.2 Å². The minimum Gasteiger partial charge on any atom is -0.356 e. The van der Waals surface area contributed by atoms with Crippen molar-refractivity contribution < 1.29 is 9.18 Å². The predicted molar refractivity (Wildman–Crippen MR) is 77.6 cm³/mol. The van der Waals surface area contributed by atoms with Gasteiger partial charge < -0.3 is 11.1 Å². The topological polar surface area (TPSA) is 55.1 Å². The van der Waals surface area contributed by atoms with Crippen LogP contribution in [0.15, 0.2) is 24.3 Å². The minimum atomic E-state index is -0.276. The first kappa shape index (κ1) is 15.0. The van der Waals surface area contributed by atoms with Crippen molar-refractivity contribution in [3.05, 3.63) is 35.6 Å². The SMILES string of the molecule is NCC1CCCCC1CNC(=O)Cc1ccc(F)cc1. The Morgan fingerprint density at radius 2 is 1.85 bits per heavy atom. The molecule has 1 aliphatic rings. The van der Waals surface area contributed by atoms with Crippen molar-refractivity contribution in [1.82, 2.24) is 5.32 Å². The van der Waals surface area contributed by atoms with Crippen molar-refractivity contribution in [3.63, 3.8) is 0 Å². The van der Waals surface area contributed by atoms with E-state index in [2.05, 4.69) is 5.32 Å². The quantitative estimate of drug-likeness (QED) is 0.868. The summed E-state index contributed by atoms with van der Waals surface area (Å²) >= 11 is 0. The summed E-state index contributed by atoms with van der Waals surface area (Å²) in [6.07, 6.45) is 5.12. The Balaban J connectivity index is 1.78. The maximum atomic E-state index is 12.8. The summed E-state index contributed by atoms with van der Waals surface area (Å²) in [5.41, 5.74) is 6.63. The van der Waals surface area contributed by atoms with Crippen LogP contribution in [0.25, 0.3) is 0 Å². The zero-order valence-corrected chi connectivity index (χ0v) is 11.8. The van der Waals surface area contributed by atoms with Crippen LogP contribution in [-0.4, -0.2) is 19.0 Å². The van der Waals surface area contributed by atoms with E-state index in [0.717, 1.165) is 12.0 Å². The van der Waals surface area contributed by atoms with E-state index in [1.807, 2.05) is 0 Å². The van der Waals surface area contributed by atoms with Crippen molar-refractivity contribution in [3.8, 4) is 0 Å². The first-order valence-electron chi connectivity index (χ1n) is 7.40. The first-order chi connectivity index (χ1) is 9.69. The van der Waals surface area contributed by atoms with E-state index in [4.69, 9.17) is 5.73 Å². The highest BCUT2D eigenvalue weighted by atomic mass is 19.1. The van der Waals surface area contributed by atoms with Crippen LogP contribution >= 0.6 is 0 Å². The lowest BCUT2D eigenvalue weighted by Gasteiger charge is -2.30. The number of hydrogen-bond acceptors (Lipinski definition) is 2. The molecule has 3 nitrogen and oxygen atoms in total. The largest absolute Gasteiger partial charge is 0.356 e. The molecule has 1 aliphatic carbocycles. The number of benzene rings is 1. The second-order valence-corrected chi connectivity index (χ2v) is 5.65. The maximum absolute atomic E-state index is 12.8. The van der Waals surface area contributed by atoms with Crippen LogP contribution in [0.2, 0.25) is 0 Å². The third-order valence-corrected chi connectivity index (χ3v) is 4.21. The molecule has 1 fully saturated rings. The molecule has 0 radical (unpaired) electrons. The van der Waals surface area contributed by atoms with E-state index >= 15 is 0 Å². The van der Waals surface area contributed by atoms with Gasteiger partial charge in [-0.1, -0.05) is 25.0 Å². The summed E-state index contributed by atoms with van der Waals surface area (Å²) in [5.74, 6) is 0.765. The van der Waals surface area contributed by atoms with E-state index in [9.17, 15) is 9.18 Å². The van der Waals surface area contributed by atoms with E-state index in [0.29, 0.717) is 31.3 Å². The van der Waals surface area contributed by atoms with Gasteiger partial charge in [0, 0.05) is 6.54 Å². The third kappa shape index (κ3) is 4.30. The normalized spacial score (nSPS) is 22.5. The number of nitrogens with one attached hydrogen (secondary N) is 1. The van der Waals surface area contributed by atoms with E-state index in [1.165, 1.54) is 31.4 Å². The van der Waals surface area contributed by atoms with Crippen LogP contribution in [0, 0.1) is 17.7 Å². The summed E-state index contributed by atoms with van der Waals surface area (Å²) < 4.78 is 12.8. The second-order valence-electron chi connectivity index (χ2n) is 5.65. The number of carbonyl (C=O) groups excluding carboxylic acids is 1. The molecule has 0 aliphatic heterocycles. The molecule has 2 rings (SSSR count). The lowest BCUT2D eigenvalue weighted by Crippen LogP contribution is -2.37. The zero-order chi connectivity index (χ0) is 14.4. The van der Waals surface area contributed by atoms with Gasteiger partial charge in [-0.25, -0.2) is 4.39 Å². The maximum Gasteiger partial charge on any atom is 0.224 e. The molecule has 0 spiro atoms. The Kier molecular flexibility index (Phi) is 5.53. The van der Waals surface area contributed by atoms with Crippen LogP contribution in [0.3, 0.4) is 0 Å². The van der Waals surface area contributed by atoms with Crippen molar-refractivity contribution in [1.29, 1.82) is 0 Å². The molecule has 1 amide bonds. The highest BCUT2D eigenvalue weighted by Gasteiger charge is 2.24. The van der Waals surface area contributed by atoms with Gasteiger partial charge in [0.2, 0.25) is 5.91 Å². The Bertz CT molecular complexity index is 433. The predicted octanol–water partition coefficient (Wildman–Crippen LogP) is 2.25. The van der Waals surface area contributed by atoms with Crippen molar-refractivity contribution in [2.45, 2.75) is 32.1 Å². The van der Waals surface area contributed by atoms with Gasteiger partial charge in [-0.3, -0.25) is 4.79 Å². The summed E-state index contributed by atoms with van der Waals surface area (Å²) in [6, 6.07) is 6.07. The Morgan fingerprint density at radius 1 is 1.20 bits per heavy atom. The number of nitrogens with two attached hydrogens (primary N) is 1. The second kappa shape index (κ2) is 7.39. The van der Waals surface area contributed by atoms with Crippen molar-refractivity contribution >= 4 is 5.91 Å². The highest BCUT2D eigenvalue weighted by Crippen LogP contribution is 2.28. The van der Waals surface area contributed by atoms with E-state index in [-0.39, 0.29) is 11.7 Å². The van der Waals surface area contributed by atoms with Crippen LogP contribution in [-0.2, 0) is 11.2 Å². The molecule has 1 aromatic carbocycles. The molecule has 0 bridgehead atoms. The lowest BCUT2D eigenvalue weighted by molar-refractivity contribution is -0.120. The Morgan fingerprint density at radius 3 is 2.50 bits per heavy atom. The molecule has 1 saturated carbocycles. The van der Waals surface area contributed by atoms with Gasteiger partial charge in [0.05, 0.1) is 6.42 Å². The molecule has 3 N–H and O–H groups in total. The Hall–Kier alpha value is -1.42. The van der Waals surface area contributed by atoms with Gasteiger partial charge in [-0.05, 0) is 48.9 Å². The summed E-state index contributed by atoms with van der Waals surface area (Å²) in [7, 11) is 0. The number of amides is 1. The molecule has 2 atom stereocenters. The smallest absolute Gasteiger partial charge is 0.224 e. The molecule has 0 saturated heterocycles. The number of rotatable bonds is 5. The van der Waals surface area contributed by atoms with Gasteiger partial charge in [0.25, 0.3) is 0 Å². The molecule has 1 aromatic rings. The number of carbonyl (C=O) groups is 1. The average molecular weight is 278 g/mol. The number of halogens is 1. The van der Waals surface area contributed by atoms with Crippen LogP contribution < -0.4 is 11.1 Å². The fourth-order valence-corrected chi connectivity index (χ4v) is 2.96. The molecular weight excluding hydrogens is 255 g/mol. The molecule has 20 heavy (non-hydrogen) atoms. The summed E-state index contributed by atoms with van der Waals surface area (Å²) in [4.78, 5) is 11.9. The summed E-state index contributed by atoms with van der Waals surface area (Å²) in [5, 5.41) is 2.99. The molecule has 4 heteroatoms. The first-order valence-corrected chi connectivity index (χ1v) is 7.40. The van der Waals surface area contributed by atoms with E-state index < -0.39 is 0 Å². The minimum absolute atomic E-state index is 0.00190. The van der Waals surface area contributed by atoms with Gasteiger partial charge >= 0.3 is 0 Å². The summed E-state index contributed by atoms with van der Waals surface area (Å²) in [6.45, 7) is 1.42. The van der Waals surface area contributed by atoms with Gasteiger partial charge in [0.15, 0.2) is 0 Å². The highest BCUT2D eigenvalue weighted by molar-refractivity contribution is 5.78. The molecule has 2 unspecified atom stereocenters. The van der Waals surface area contributed by atoms with Crippen LogP contribution in [0.5, 0.6) is 0 Å². The van der Waals surface area contributed by atoms with Crippen molar-refractivity contribution in [2.75, 3.05) is 13.1 Å². The van der Waals surface area contributed by atoms with E-state index in [1.54, 1.807) is 12.1 Å². The molecular formula is C16H23FN2O.